The van der Waals surface area contributed by atoms with Crippen LogP contribution in [0.1, 0.15) is 40.2 Å². The van der Waals surface area contributed by atoms with Gasteiger partial charge in [-0.3, -0.25) is 19.7 Å². The minimum atomic E-state index is -0.583. The minimum absolute atomic E-state index is 0.146. The van der Waals surface area contributed by atoms with Crippen molar-refractivity contribution in [2.75, 3.05) is 18.4 Å². The molecule has 30 heavy (non-hydrogen) atoms. The molecule has 0 aliphatic carbocycles. The molecule has 3 aliphatic rings. The number of hydrogen-bond donors (Lipinski definition) is 3. The summed E-state index contributed by atoms with van der Waals surface area (Å²) < 4.78 is 2.21. The standard InChI is InChI=1S/C21H24N6O3/c28-19-4-3-16(20(29)25-19)27-12-14-9-13(1-2-15(14)21(27)30)10-23-18-11-24-17-5-6-22-7-8-26(17)18/h1-2,9,11,16,22-23H,3-8,10,12H2,(H,25,28,29). The van der Waals surface area contributed by atoms with Crippen molar-refractivity contribution in [3.8, 4) is 0 Å². The van der Waals surface area contributed by atoms with Crippen LogP contribution in [0.4, 0.5) is 5.82 Å². The van der Waals surface area contributed by atoms with Gasteiger partial charge in [0.1, 0.15) is 17.7 Å². The molecule has 5 rings (SSSR count). The number of aromatic nitrogens is 2. The van der Waals surface area contributed by atoms with Crippen molar-refractivity contribution in [2.24, 2.45) is 0 Å². The number of rotatable bonds is 4. The molecular weight excluding hydrogens is 384 g/mol. The lowest BCUT2D eigenvalue weighted by molar-refractivity contribution is -0.136. The zero-order chi connectivity index (χ0) is 20.7. The summed E-state index contributed by atoms with van der Waals surface area (Å²) in [6.45, 7) is 3.77. The number of hydrogen-bond acceptors (Lipinski definition) is 6. The molecule has 9 nitrogen and oxygen atoms in total. The normalized spacial score (nSPS) is 21.1. The largest absolute Gasteiger partial charge is 0.366 e. The third-order valence-corrected chi connectivity index (χ3v) is 6.04. The molecule has 0 saturated carbocycles. The molecule has 1 fully saturated rings. The number of amides is 3. The number of nitrogens with zero attached hydrogens (tertiary/aromatic N) is 3. The number of carbonyl (C=O) groups is 3. The number of nitrogens with one attached hydrogen (secondary N) is 3. The van der Waals surface area contributed by atoms with E-state index in [1.54, 1.807) is 4.90 Å². The van der Waals surface area contributed by atoms with Gasteiger partial charge < -0.3 is 20.1 Å². The number of imidazole rings is 1. The SMILES string of the molecule is O=C1CCC(N2Cc3cc(CNc4cnc5n4CCNCC5)ccc3C2=O)C(=O)N1. The predicted molar refractivity (Wildman–Crippen MR) is 109 cm³/mol. The van der Waals surface area contributed by atoms with Crippen molar-refractivity contribution in [3.05, 3.63) is 46.9 Å². The summed E-state index contributed by atoms with van der Waals surface area (Å²) in [5.74, 6) is 1.28. The smallest absolute Gasteiger partial charge is 0.255 e. The molecule has 3 amide bonds. The maximum absolute atomic E-state index is 12.8. The van der Waals surface area contributed by atoms with Crippen LogP contribution in [-0.4, -0.2) is 51.3 Å². The van der Waals surface area contributed by atoms with E-state index in [0.717, 1.165) is 48.8 Å². The fraction of sp³-hybridized carbons (Fsp3) is 0.429. The summed E-state index contributed by atoms with van der Waals surface area (Å²) in [6, 6.07) is 5.22. The van der Waals surface area contributed by atoms with Crippen LogP contribution in [0.2, 0.25) is 0 Å². The lowest BCUT2D eigenvalue weighted by Gasteiger charge is -2.29. The Morgan fingerprint density at radius 2 is 2.07 bits per heavy atom. The van der Waals surface area contributed by atoms with E-state index in [9.17, 15) is 14.4 Å². The molecule has 4 heterocycles. The van der Waals surface area contributed by atoms with Gasteiger partial charge in [-0.1, -0.05) is 12.1 Å². The van der Waals surface area contributed by atoms with Gasteiger partial charge in [-0.05, 0) is 23.6 Å². The molecule has 3 aliphatic heterocycles. The van der Waals surface area contributed by atoms with Crippen LogP contribution in [0.15, 0.2) is 24.4 Å². The molecule has 1 aromatic carbocycles. The first-order chi connectivity index (χ1) is 14.6. The fourth-order valence-electron chi connectivity index (χ4n) is 4.45. The first kappa shape index (κ1) is 18.8. The summed E-state index contributed by atoms with van der Waals surface area (Å²) in [4.78, 5) is 42.5. The molecule has 1 aromatic heterocycles. The van der Waals surface area contributed by atoms with Gasteiger partial charge in [0.05, 0.1) is 6.20 Å². The zero-order valence-electron chi connectivity index (χ0n) is 16.6. The van der Waals surface area contributed by atoms with E-state index in [2.05, 4.69) is 25.5 Å². The summed E-state index contributed by atoms with van der Waals surface area (Å²) in [5.41, 5.74) is 2.61. The van der Waals surface area contributed by atoms with E-state index in [-0.39, 0.29) is 24.1 Å². The van der Waals surface area contributed by atoms with Crippen molar-refractivity contribution >= 4 is 23.5 Å². The van der Waals surface area contributed by atoms with Crippen molar-refractivity contribution < 1.29 is 14.4 Å². The maximum Gasteiger partial charge on any atom is 0.255 e. The van der Waals surface area contributed by atoms with Gasteiger partial charge in [0.15, 0.2) is 0 Å². The van der Waals surface area contributed by atoms with Gasteiger partial charge in [-0.15, -0.1) is 0 Å². The van der Waals surface area contributed by atoms with Crippen LogP contribution in [0.5, 0.6) is 0 Å². The second-order valence-electron chi connectivity index (χ2n) is 7.96. The summed E-state index contributed by atoms with van der Waals surface area (Å²) >= 11 is 0. The van der Waals surface area contributed by atoms with Gasteiger partial charge in [-0.25, -0.2) is 4.98 Å². The van der Waals surface area contributed by atoms with Crippen LogP contribution in [-0.2, 0) is 35.6 Å². The topological polar surface area (TPSA) is 108 Å². The lowest BCUT2D eigenvalue weighted by Crippen LogP contribution is -2.52. The molecule has 156 valence electrons. The molecule has 0 radical (unpaired) electrons. The highest BCUT2D eigenvalue weighted by Crippen LogP contribution is 2.28. The van der Waals surface area contributed by atoms with Crippen LogP contribution in [0.3, 0.4) is 0 Å². The molecule has 1 unspecified atom stereocenters. The number of anilines is 1. The molecule has 0 bridgehead atoms. The fourth-order valence-corrected chi connectivity index (χ4v) is 4.45. The monoisotopic (exact) mass is 408 g/mol. The van der Waals surface area contributed by atoms with Gasteiger partial charge in [0, 0.05) is 51.1 Å². The number of fused-ring (bicyclic) bond motifs is 2. The third-order valence-electron chi connectivity index (χ3n) is 6.04. The number of benzene rings is 1. The van der Waals surface area contributed by atoms with Crippen molar-refractivity contribution in [2.45, 2.75) is 44.9 Å². The van der Waals surface area contributed by atoms with E-state index >= 15 is 0 Å². The molecule has 9 heteroatoms. The average molecular weight is 408 g/mol. The molecule has 0 spiro atoms. The number of piperidine rings is 1. The van der Waals surface area contributed by atoms with Crippen LogP contribution in [0.25, 0.3) is 0 Å². The minimum Gasteiger partial charge on any atom is -0.366 e. The summed E-state index contributed by atoms with van der Waals surface area (Å²) in [6.07, 6.45) is 3.43. The summed E-state index contributed by atoms with van der Waals surface area (Å²) in [7, 11) is 0. The maximum atomic E-state index is 12.8. The van der Waals surface area contributed by atoms with E-state index in [1.165, 1.54) is 0 Å². The van der Waals surface area contributed by atoms with Crippen molar-refractivity contribution in [1.29, 1.82) is 0 Å². The van der Waals surface area contributed by atoms with Crippen LogP contribution in [0, 0.1) is 0 Å². The van der Waals surface area contributed by atoms with Gasteiger partial charge in [-0.2, -0.15) is 0 Å². The quantitative estimate of drug-likeness (QED) is 0.632. The number of imide groups is 1. The molecule has 1 saturated heterocycles. The van der Waals surface area contributed by atoms with Crippen LogP contribution < -0.4 is 16.0 Å². The Labute approximate surface area is 173 Å². The Hall–Kier alpha value is -3.20. The zero-order valence-corrected chi connectivity index (χ0v) is 16.6. The van der Waals surface area contributed by atoms with Gasteiger partial charge in [0.25, 0.3) is 5.91 Å². The first-order valence-electron chi connectivity index (χ1n) is 10.4. The number of carbonyl (C=O) groups excluding carboxylic acids is 3. The van der Waals surface area contributed by atoms with E-state index in [1.807, 2.05) is 24.4 Å². The Kier molecular flexibility index (Phi) is 4.74. The third kappa shape index (κ3) is 3.35. The molecule has 1 atom stereocenters. The predicted octanol–water partition coefficient (Wildman–Crippen LogP) is 0.402. The van der Waals surface area contributed by atoms with Crippen molar-refractivity contribution in [1.82, 2.24) is 25.1 Å². The molecule has 3 N–H and O–H groups in total. The highest BCUT2D eigenvalue weighted by molar-refractivity contribution is 6.05. The Balaban J connectivity index is 1.29. The Bertz CT molecular complexity index is 1030. The average Bonchev–Trinajstić information content (AvgIpc) is 3.17. The highest BCUT2D eigenvalue weighted by Gasteiger charge is 2.39. The highest BCUT2D eigenvalue weighted by atomic mass is 16.2. The van der Waals surface area contributed by atoms with E-state index < -0.39 is 6.04 Å². The molecule has 2 aromatic rings. The van der Waals surface area contributed by atoms with Gasteiger partial charge in [0.2, 0.25) is 11.8 Å². The van der Waals surface area contributed by atoms with Gasteiger partial charge >= 0.3 is 0 Å². The lowest BCUT2D eigenvalue weighted by atomic mass is 10.0. The van der Waals surface area contributed by atoms with Crippen LogP contribution >= 0.6 is 0 Å². The second-order valence-corrected chi connectivity index (χ2v) is 7.96. The Morgan fingerprint density at radius 1 is 1.17 bits per heavy atom. The van der Waals surface area contributed by atoms with E-state index in [4.69, 9.17) is 0 Å². The Morgan fingerprint density at radius 3 is 2.93 bits per heavy atom. The second kappa shape index (κ2) is 7.56. The first-order valence-corrected chi connectivity index (χ1v) is 10.4. The summed E-state index contributed by atoms with van der Waals surface area (Å²) in [5, 5.41) is 9.17. The molecular formula is C21H24N6O3. The van der Waals surface area contributed by atoms with E-state index in [0.29, 0.717) is 25.1 Å². The van der Waals surface area contributed by atoms with Crippen molar-refractivity contribution in [3.63, 3.8) is 0 Å².